The van der Waals surface area contributed by atoms with Gasteiger partial charge in [-0.2, -0.15) is 0 Å². The Morgan fingerprint density at radius 2 is 2.25 bits per heavy atom. The number of pyridine rings is 1. The molecule has 0 aliphatic carbocycles. The molecule has 0 unspecified atom stereocenters. The Morgan fingerprint density at radius 1 is 1.40 bits per heavy atom. The minimum atomic E-state index is -1.01. The van der Waals surface area contributed by atoms with Crippen molar-refractivity contribution >= 4 is 5.97 Å². The zero-order valence-electron chi connectivity index (χ0n) is 11.1. The van der Waals surface area contributed by atoms with Crippen molar-refractivity contribution in [1.29, 1.82) is 0 Å². The molecule has 102 valence electrons. The number of rotatable bonds is 2. The highest BCUT2D eigenvalue weighted by molar-refractivity contribution is 5.88. The molecule has 0 radical (unpaired) electrons. The second-order valence-electron chi connectivity index (χ2n) is 4.77. The first-order valence-corrected chi connectivity index (χ1v) is 6.42. The van der Waals surface area contributed by atoms with Crippen LogP contribution in [0.1, 0.15) is 27.3 Å². The van der Waals surface area contributed by atoms with Crippen LogP contribution in [0, 0.1) is 6.92 Å². The lowest BCUT2D eigenvalue weighted by Crippen LogP contribution is -2.27. The van der Waals surface area contributed by atoms with Gasteiger partial charge in [-0.25, -0.2) is 14.8 Å². The minimum Gasteiger partial charge on any atom is -0.476 e. The van der Waals surface area contributed by atoms with Crippen molar-refractivity contribution in [3.8, 4) is 11.5 Å². The Balaban J connectivity index is 2.17. The van der Waals surface area contributed by atoms with E-state index in [0.29, 0.717) is 24.5 Å². The van der Waals surface area contributed by atoms with Gasteiger partial charge in [0.25, 0.3) is 0 Å². The summed E-state index contributed by atoms with van der Waals surface area (Å²) in [5.41, 5.74) is 3.21. The predicted molar refractivity (Wildman–Crippen MR) is 72.4 cm³/mol. The van der Waals surface area contributed by atoms with Crippen molar-refractivity contribution in [2.75, 3.05) is 6.54 Å². The summed E-state index contributed by atoms with van der Waals surface area (Å²) in [6, 6.07) is 3.73. The number of aromatic carboxylic acids is 1. The van der Waals surface area contributed by atoms with Gasteiger partial charge in [-0.1, -0.05) is 0 Å². The van der Waals surface area contributed by atoms with E-state index in [1.54, 1.807) is 6.20 Å². The fraction of sp³-hybridized carbons (Fsp3) is 0.286. The maximum atomic E-state index is 11.4. The summed E-state index contributed by atoms with van der Waals surface area (Å²) < 4.78 is 0. The van der Waals surface area contributed by atoms with Gasteiger partial charge in [0.05, 0.1) is 5.69 Å². The fourth-order valence-electron chi connectivity index (χ4n) is 2.31. The summed E-state index contributed by atoms with van der Waals surface area (Å²) in [5.74, 6) is -0.645. The third kappa shape index (κ3) is 2.25. The quantitative estimate of drug-likeness (QED) is 0.852. The molecule has 2 aromatic rings. The summed E-state index contributed by atoms with van der Waals surface area (Å²) in [6.45, 7) is 3.26. The van der Waals surface area contributed by atoms with Crippen LogP contribution in [0.3, 0.4) is 0 Å². The first-order valence-electron chi connectivity index (χ1n) is 6.42. The largest absolute Gasteiger partial charge is 0.476 e. The standard InChI is InChI=1S/C14H14N4O2/c1-8-2-5-16-10(6-8)13-17-11-7-15-4-3-9(11)12(18-13)14(19)20/h2,5-6,15H,3-4,7H2,1H3,(H,19,20). The maximum absolute atomic E-state index is 11.4. The number of nitrogens with one attached hydrogen (secondary N) is 1. The van der Waals surface area contributed by atoms with Gasteiger partial charge in [-0.15, -0.1) is 0 Å². The molecule has 2 N–H and O–H groups in total. The Morgan fingerprint density at radius 3 is 3.00 bits per heavy atom. The van der Waals surface area contributed by atoms with Crippen LogP contribution in [0.15, 0.2) is 18.3 Å². The van der Waals surface area contributed by atoms with Crippen LogP contribution in [-0.4, -0.2) is 32.6 Å². The van der Waals surface area contributed by atoms with Crippen LogP contribution in [-0.2, 0) is 13.0 Å². The number of hydrogen-bond donors (Lipinski definition) is 2. The summed E-state index contributed by atoms with van der Waals surface area (Å²) in [7, 11) is 0. The van der Waals surface area contributed by atoms with E-state index in [2.05, 4.69) is 20.3 Å². The van der Waals surface area contributed by atoms with Crippen molar-refractivity contribution in [2.45, 2.75) is 19.9 Å². The number of nitrogens with zero attached hydrogens (tertiary/aromatic N) is 3. The van der Waals surface area contributed by atoms with Crippen molar-refractivity contribution < 1.29 is 9.90 Å². The number of carboxylic acid groups (broad SMARTS) is 1. The summed E-state index contributed by atoms with van der Waals surface area (Å²) in [5, 5.41) is 12.5. The van der Waals surface area contributed by atoms with Crippen LogP contribution < -0.4 is 5.32 Å². The molecule has 1 aliphatic rings. The molecule has 0 saturated heterocycles. The predicted octanol–water partition coefficient (Wildman–Crippen LogP) is 1.19. The highest BCUT2D eigenvalue weighted by Gasteiger charge is 2.22. The lowest BCUT2D eigenvalue weighted by molar-refractivity contribution is 0.0688. The second-order valence-corrected chi connectivity index (χ2v) is 4.77. The smallest absolute Gasteiger partial charge is 0.354 e. The van der Waals surface area contributed by atoms with E-state index in [1.807, 2.05) is 19.1 Å². The topological polar surface area (TPSA) is 88.0 Å². The van der Waals surface area contributed by atoms with E-state index in [4.69, 9.17) is 0 Å². The molecule has 2 aromatic heterocycles. The van der Waals surface area contributed by atoms with Crippen LogP contribution in [0.4, 0.5) is 0 Å². The molecular formula is C14H14N4O2. The van der Waals surface area contributed by atoms with Gasteiger partial charge >= 0.3 is 5.97 Å². The molecule has 0 amide bonds. The molecule has 0 bridgehead atoms. The number of carbonyl (C=O) groups is 1. The zero-order valence-corrected chi connectivity index (χ0v) is 11.1. The normalized spacial score (nSPS) is 13.8. The van der Waals surface area contributed by atoms with Gasteiger partial charge < -0.3 is 10.4 Å². The number of aryl methyl sites for hydroxylation is 1. The molecule has 6 nitrogen and oxygen atoms in total. The van der Waals surface area contributed by atoms with Crippen LogP contribution in [0.5, 0.6) is 0 Å². The maximum Gasteiger partial charge on any atom is 0.354 e. The van der Waals surface area contributed by atoms with Gasteiger partial charge in [0.2, 0.25) is 0 Å². The van der Waals surface area contributed by atoms with Gasteiger partial charge in [-0.05, 0) is 37.6 Å². The van der Waals surface area contributed by atoms with Crippen LogP contribution in [0.2, 0.25) is 0 Å². The molecular weight excluding hydrogens is 256 g/mol. The number of hydrogen-bond acceptors (Lipinski definition) is 5. The number of fused-ring (bicyclic) bond motifs is 1. The monoisotopic (exact) mass is 270 g/mol. The lowest BCUT2D eigenvalue weighted by Gasteiger charge is -2.18. The first-order chi connectivity index (χ1) is 9.65. The van der Waals surface area contributed by atoms with Crippen LogP contribution in [0.25, 0.3) is 11.5 Å². The van der Waals surface area contributed by atoms with E-state index in [9.17, 15) is 9.90 Å². The Labute approximate surface area is 115 Å². The Bertz CT molecular complexity index is 685. The van der Waals surface area contributed by atoms with E-state index in [1.165, 1.54) is 0 Å². The Kier molecular flexibility index (Phi) is 3.15. The molecule has 0 spiro atoms. The molecule has 6 heteroatoms. The molecule has 0 atom stereocenters. The molecule has 1 aliphatic heterocycles. The van der Waals surface area contributed by atoms with E-state index >= 15 is 0 Å². The highest BCUT2D eigenvalue weighted by atomic mass is 16.4. The fourth-order valence-corrected chi connectivity index (χ4v) is 2.31. The molecule has 3 heterocycles. The number of carboxylic acids is 1. The van der Waals surface area contributed by atoms with Crippen molar-refractivity contribution in [3.05, 3.63) is 40.8 Å². The molecule has 0 aromatic carbocycles. The first kappa shape index (κ1) is 12.7. The third-order valence-corrected chi connectivity index (χ3v) is 3.28. The zero-order chi connectivity index (χ0) is 14.1. The average Bonchev–Trinajstić information content (AvgIpc) is 2.46. The van der Waals surface area contributed by atoms with Gasteiger partial charge in [0, 0.05) is 18.3 Å². The summed E-state index contributed by atoms with van der Waals surface area (Å²) >= 11 is 0. The third-order valence-electron chi connectivity index (χ3n) is 3.28. The highest BCUT2D eigenvalue weighted by Crippen LogP contribution is 2.21. The molecule has 0 fully saturated rings. The van der Waals surface area contributed by atoms with Gasteiger partial charge in [0.15, 0.2) is 11.5 Å². The van der Waals surface area contributed by atoms with Gasteiger partial charge in [0.1, 0.15) is 5.69 Å². The average molecular weight is 270 g/mol. The SMILES string of the molecule is Cc1ccnc(-c2nc3c(c(C(=O)O)n2)CCNC3)c1. The van der Waals surface area contributed by atoms with Gasteiger partial charge in [-0.3, -0.25) is 4.98 Å². The lowest BCUT2D eigenvalue weighted by atomic mass is 10.0. The van der Waals surface area contributed by atoms with Crippen molar-refractivity contribution in [3.63, 3.8) is 0 Å². The van der Waals surface area contributed by atoms with E-state index in [0.717, 1.165) is 23.4 Å². The molecule has 0 saturated carbocycles. The summed E-state index contributed by atoms with van der Waals surface area (Å²) in [6.07, 6.45) is 2.31. The van der Waals surface area contributed by atoms with Crippen molar-refractivity contribution in [1.82, 2.24) is 20.3 Å². The minimum absolute atomic E-state index is 0.0924. The second kappa shape index (κ2) is 4.97. The number of aromatic nitrogens is 3. The van der Waals surface area contributed by atoms with E-state index in [-0.39, 0.29) is 5.69 Å². The summed E-state index contributed by atoms with van der Waals surface area (Å²) in [4.78, 5) is 24.3. The van der Waals surface area contributed by atoms with Crippen LogP contribution >= 0.6 is 0 Å². The molecule has 20 heavy (non-hydrogen) atoms. The van der Waals surface area contributed by atoms with Crippen molar-refractivity contribution in [2.24, 2.45) is 0 Å². The Hall–Kier alpha value is -2.34. The molecule has 3 rings (SSSR count). The van der Waals surface area contributed by atoms with E-state index < -0.39 is 5.97 Å².